The molecule has 0 amide bonds. The Morgan fingerprint density at radius 1 is 0.969 bits per heavy atom. The second-order valence-corrected chi connectivity index (χ2v) is 12.0. The summed E-state index contributed by atoms with van der Waals surface area (Å²) < 4.78 is 83.2. The molecule has 170 valence electrons. The van der Waals surface area contributed by atoms with Crippen LogP contribution < -0.4 is 4.72 Å². The fourth-order valence-electron chi connectivity index (χ4n) is 3.42. The molecule has 0 atom stereocenters. The monoisotopic (exact) mass is 544 g/mol. The predicted molar refractivity (Wildman–Crippen MR) is 120 cm³/mol. The van der Waals surface area contributed by atoms with Gasteiger partial charge in [0.15, 0.2) is 0 Å². The Bertz CT molecular complexity index is 1400. The van der Waals surface area contributed by atoms with Crippen molar-refractivity contribution in [3.63, 3.8) is 0 Å². The van der Waals surface area contributed by atoms with Gasteiger partial charge in [-0.2, -0.15) is 0 Å². The van der Waals surface area contributed by atoms with E-state index < -0.39 is 37.4 Å². The fourth-order valence-corrected chi connectivity index (χ4v) is 6.33. The molecule has 1 aliphatic rings. The van der Waals surface area contributed by atoms with Crippen molar-refractivity contribution in [3.8, 4) is 0 Å². The summed E-state index contributed by atoms with van der Waals surface area (Å²) in [6, 6.07) is 9.03. The minimum Gasteiger partial charge on any atom is -0.276 e. The molecule has 1 heterocycles. The Balaban J connectivity index is 1.78. The highest BCUT2D eigenvalue weighted by Crippen LogP contribution is 2.39. The first-order valence-electron chi connectivity index (χ1n) is 9.71. The third-order valence-corrected chi connectivity index (χ3v) is 9.10. The molecule has 6 nitrogen and oxygen atoms in total. The van der Waals surface area contributed by atoms with Gasteiger partial charge in [0.25, 0.3) is 20.0 Å². The van der Waals surface area contributed by atoms with Crippen LogP contribution in [-0.4, -0.2) is 20.8 Å². The molecule has 0 aliphatic heterocycles. The third kappa shape index (κ3) is 4.20. The lowest BCUT2D eigenvalue weighted by atomic mass is 9.83. The van der Waals surface area contributed by atoms with E-state index in [1.54, 1.807) is 12.1 Å². The van der Waals surface area contributed by atoms with Gasteiger partial charge in [0.2, 0.25) is 0 Å². The number of hydrogen-bond acceptors (Lipinski definition) is 4. The highest BCUT2D eigenvalue weighted by atomic mass is 79.9. The van der Waals surface area contributed by atoms with Crippen LogP contribution in [0.1, 0.15) is 36.4 Å². The van der Waals surface area contributed by atoms with Crippen molar-refractivity contribution in [2.45, 2.75) is 41.9 Å². The van der Waals surface area contributed by atoms with Crippen LogP contribution in [0.15, 0.2) is 62.9 Å². The minimum absolute atomic E-state index is 0.0252. The van der Waals surface area contributed by atoms with Gasteiger partial charge in [0.05, 0.1) is 15.1 Å². The number of aryl methyl sites for hydroxylation is 1. The van der Waals surface area contributed by atoms with Crippen molar-refractivity contribution in [2.24, 2.45) is 0 Å². The van der Waals surface area contributed by atoms with Crippen molar-refractivity contribution in [1.82, 2.24) is 3.97 Å². The zero-order valence-corrected chi connectivity index (χ0v) is 20.1. The standard InChI is InChI=1S/C21H19BrF2N2O4S2/c1-13-5-7-15(8-6-13)32(29,30)26-12-16(9-21(26)14-3-2-4-14)31(27,28)25-20-11-18(23)17(22)10-19(20)24/h5-12,14,25H,2-4H2,1H3. The number of aromatic nitrogens is 1. The van der Waals surface area contributed by atoms with E-state index in [1.807, 2.05) is 11.6 Å². The molecular weight excluding hydrogens is 526 g/mol. The maximum atomic E-state index is 14.2. The molecule has 0 bridgehead atoms. The van der Waals surface area contributed by atoms with Gasteiger partial charge in [-0.3, -0.25) is 4.72 Å². The number of nitrogens with one attached hydrogen (secondary N) is 1. The molecule has 32 heavy (non-hydrogen) atoms. The van der Waals surface area contributed by atoms with Gasteiger partial charge in [0, 0.05) is 23.9 Å². The molecule has 1 aromatic heterocycles. The third-order valence-electron chi connectivity index (χ3n) is 5.45. The van der Waals surface area contributed by atoms with Gasteiger partial charge >= 0.3 is 0 Å². The van der Waals surface area contributed by atoms with Crippen molar-refractivity contribution in [2.75, 3.05) is 4.72 Å². The highest BCUT2D eigenvalue weighted by Gasteiger charge is 2.32. The molecule has 1 saturated carbocycles. The number of sulfonamides is 1. The van der Waals surface area contributed by atoms with Crippen LogP contribution in [0.4, 0.5) is 14.5 Å². The van der Waals surface area contributed by atoms with Crippen molar-refractivity contribution in [1.29, 1.82) is 0 Å². The fraction of sp³-hybridized carbons (Fsp3) is 0.238. The van der Waals surface area contributed by atoms with Crippen LogP contribution in [0.2, 0.25) is 0 Å². The minimum atomic E-state index is -4.39. The summed E-state index contributed by atoms with van der Waals surface area (Å²) in [5.41, 5.74) is 0.650. The van der Waals surface area contributed by atoms with Crippen molar-refractivity contribution >= 4 is 41.7 Å². The highest BCUT2D eigenvalue weighted by molar-refractivity contribution is 9.10. The zero-order valence-electron chi connectivity index (χ0n) is 16.8. The topological polar surface area (TPSA) is 85.2 Å². The number of rotatable bonds is 6. The average molecular weight is 545 g/mol. The van der Waals surface area contributed by atoms with E-state index in [2.05, 4.69) is 15.9 Å². The van der Waals surface area contributed by atoms with E-state index in [0.29, 0.717) is 11.8 Å². The summed E-state index contributed by atoms with van der Waals surface area (Å²) in [4.78, 5) is -0.324. The van der Waals surface area contributed by atoms with Gasteiger partial charge < -0.3 is 0 Å². The summed E-state index contributed by atoms with van der Waals surface area (Å²) in [6.07, 6.45) is 3.38. The Labute approximate surface area is 193 Å². The number of benzene rings is 2. The second-order valence-electron chi connectivity index (χ2n) is 7.69. The van der Waals surface area contributed by atoms with Gasteiger partial charge in [-0.05, 0) is 60.0 Å². The first kappa shape index (κ1) is 22.9. The van der Waals surface area contributed by atoms with E-state index in [9.17, 15) is 25.6 Å². The van der Waals surface area contributed by atoms with E-state index in [4.69, 9.17) is 0 Å². The molecule has 0 unspecified atom stereocenters. The maximum absolute atomic E-state index is 14.2. The lowest BCUT2D eigenvalue weighted by Crippen LogP contribution is -2.20. The van der Waals surface area contributed by atoms with Crippen LogP contribution in [0.5, 0.6) is 0 Å². The molecule has 0 spiro atoms. The Morgan fingerprint density at radius 2 is 1.62 bits per heavy atom. The first-order valence-corrected chi connectivity index (χ1v) is 13.4. The van der Waals surface area contributed by atoms with Gasteiger partial charge in [-0.25, -0.2) is 29.6 Å². The smallest absolute Gasteiger partial charge is 0.267 e. The summed E-state index contributed by atoms with van der Waals surface area (Å²) >= 11 is 2.83. The summed E-state index contributed by atoms with van der Waals surface area (Å²) in [6.45, 7) is 1.83. The van der Waals surface area contributed by atoms with Crippen LogP contribution in [-0.2, 0) is 20.0 Å². The molecule has 11 heteroatoms. The van der Waals surface area contributed by atoms with Gasteiger partial charge in [-0.1, -0.05) is 24.1 Å². The Hall–Kier alpha value is -2.24. The average Bonchev–Trinajstić information content (AvgIpc) is 3.11. The van der Waals surface area contributed by atoms with Crippen molar-refractivity contribution < 1.29 is 25.6 Å². The molecular formula is C21H19BrF2N2O4S2. The largest absolute Gasteiger partial charge is 0.276 e. The summed E-state index contributed by atoms with van der Waals surface area (Å²) in [5.74, 6) is -1.94. The SMILES string of the molecule is Cc1ccc(S(=O)(=O)n2cc(S(=O)(=O)Nc3cc(F)c(Br)cc3F)cc2C2CCC2)cc1. The number of nitrogens with zero attached hydrogens (tertiary/aromatic N) is 1. The predicted octanol–water partition coefficient (Wildman–Crippen LogP) is 5.14. The van der Waals surface area contributed by atoms with Gasteiger partial charge in [0.1, 0.15) is 16.5 Å². The van der Waals surface area contributed by atoms with Gasteiger partial charge in [-0.15, -0.1) is 0 Å². The molecule has 1 aliphatic carbocycles. The lowest BCUT2D eigenvalue weighted by Gasteiger charge is -2.26. The molecule has 4 rings (SSSR count). The van der Waals surface area contributed by atoms with E-state index >= 15 is 0 Å². The molecule has 0 radical (unpaired) electrons. The summed E-state index contributed by atoms with van der Waals surface area (Å²) in [5, 5.41) is 0. The van der Waals surface area contributed by atoms with E-state index in [0.717, 1.165) is 41.1 Å². The van der Waals surface area contributed by atoms with E-state index in [-0.39, 0.29) is 20.2 Å². The normalized spacial score (nSPS) is 14.9. The lowest BCUT2D eigenvalue weighted by molar-refractivity contribution is 0.408. The first-order chi connectivity index (χ1) is 15.0. The molecule has 2 aromatic carbocycles. The maximum Gasteiger partial charge on any atom is 0.267 e. The quantitative estimate of drug-likeness (QED) is 0.435. The Kier molecular flexibility index (Phi) is 5.93. The zero-order chi connectivity index (χ0) is 23.3. The van der Waals surface area contributed by atoms with Crippen LogP contribution in [0, 0.1) is 18.6 Å². The van der Waals surface area contributed by atoms with Crippen molar-refractivity contribution in [3.05, 3.63) is 76.0 Å². The molecule has 3 aromatic rings. The molecule has 1 N–H and O–H groups in total. The van der Waals surface area contributed by atoms with Crippen LogP contribution in [0.25, 0.3) is 0 Å². The van der Waals surface area contributed by atoms with E-state index in [1.165, 1.54) is 18.2 Å². The van der Waals surface area contributed by atoms with Crippen LogP contribution in [0.3, 0.4) is 0 Å². The second kappa shape index (κ2) is 8.27. The molecule has 0 saturated heterocycles. The molecule has 1 fully saturated rings. The number of anilines is 1. The number of hydrogen-bond donors (Lipinski definition) is 1. The summed E-state index contributed by atoms with van der Waals surface area (Å²) in [7, 11) is -8.45. The Morgan fingerprint density at radius 3 is 2.22 bits per heavy atom. The van der Waals surface area contributed by atoms with Crippen LogP contribution >= 0.6 is 15.9 Å². The number of halogens is 3.